The first-order chi connectivity index (χ1) is 5.29. The molecule has 11 heavy (non-hydrogen) atoms. The highest BCUT2D eigenvalue weighted by atomic mass is 16.1. The number of amides is 1. The molecule has 0 aliphatic carbocycles. The summed E-state index contributed by atoms with van der Waals surface area (Å²) < 4.78 is 0. The van der Waals surface area contributed by atoms with Gasteiger partial charge in [0.2, 0.25) is 5.91 Å². The summed E-state index contributed by atoms with van der Waals surface area (Å²) in [6, 6.07) is 9.84. The van der Waals surface area contributed by atoms with Crippen molar-refractivity contribution in [2.24, 2.45) is 5.73 Å². The molecule has 0 aliphatic rings. The molecule has 0 saturated heterocycles. The molecule has 0 atom stereocenters. The van der Waals surface area contributed by atoms with E-state index in [2.05, 4.69) is 0 Å². The van der Waals surface area contributed by atoms with E-state index < -0.39 is 0 Å². The maximum atomic E-state index is 10.4. The van der Waals surface area contributed by atoms with E-state index in [1.807, 2.05) is 30.3 Å². The molecular weight excluding hydrogens is 138 g/mol. The van der Waals surface area contributed by atoms with Crippen LogP contribution in [0.2, 0.25) is 0 Å². The highest BCUT2D eigenvalue weighted by molar-refractivity contribution is 5.73. The van der Waals surface area contributed by atoms with Gasteiger partial charge in [0.05, 0.1) is 0 Å². The minimum Gasteiger partial charge on any atom is -0.370 e. The second-order valence-corrected chi connectivity index (χ2v) is 2.45. The standard InChI is InChI=1S/C9H11NO.H2/c10-9(11)7-6-8-4-2-1-3-5-8;/h1-5H,6-7H2,(H2,10,11);1H. The average Bonchev–Trinajstić information content (AvgIpc) is 2.03. The van der Waals surface area contributed by atoms with Gasteiger partial charge in [-0.1, -0.05) is 30.3 Å². The monoisotopic (exact) mass is 151 g/mol. The number of hydrogen-bond acceptors (Lipinski definition) is 1. The molecule has 2 heteroatoms. The Morgan fingerprint density at radius 1 is 1.36 bits per heavy atom. The molecule has 0 bridgehead atoms. The molecule has 1 aromatic rings. The number of rotatable bonds is 3. The van der Waals surface area contributed by atoms with Crippen molar-refractivity contribution in [3.8, 4) is 0 Å². The van der Waals surface area contributed by atoms with Gasteiger partial charge in [-0.2, -0.15) is 0 Å². The first kappa shape index (κ1) is 7.79. The van der Waals surface area contributed by atoms with Crippen LogP contribution in [0.5, 0.6) is 0 Å². The number of primary amides is 1. The molecule has 1 rings (SSSR count). The molecule has 2 nitrogen and oxygen atoms in total. The van der Waals surface area contributed by atoms with E-state index in [1.54, 1.807) is 0 Å². The van der Waals surface area contributed by atoms with Gasteiger partial charge in [-0.25, -0.2) is 0 Å². The van der Waals surface area contributed by atoms with Crippen LogP contribution in [0.1, 0.15) is 13.4 Å². The lowest BCUT2D eigenvalue weighted by Crippen LogP contribution is -2.10. The van der Waals surface area contributed by atoms with Crippen molar-refractivity contribution >= 4 is 5.91 Å². The molecular formula is C9H13NO. The molecule has 0 fully saturated rings. The smallest absolute Gasteiger partial charge is 0.217 e. The van der Waals surface area contributed by atoms with E-state index in [9.17, 15) is 4.79 Å². The van der Waals surface area contributed by atoms with Gasteiger partial charge in [0.15, 0.2) is 0 Å². The van der Waals surface area contributed by atoms with Crippen molar-refractivity contribution in [3.05, 3.63) is 35.9 Å². The Labute approximate surface area is 67.5 Å². The molecule has 1 amide bonds. The number of aryl methyl sites for hydroxylation is 1. The van der Waals surface area contributed by atoms with E-state index >= 15 is 0 Å². The van der Waals surface area contributed by atoms with Crippen molar-refractivity contribution in [1.82, 2.24) is 0 Å². The normalized spacial score (nSPS) is 9.45. The number of carbonyl (C=O) groups excluding carboxylic acids is 1. The fourth-order valence-corrected chi connectivity index (χ4v) is 0.912. The third kappa shape index (κ3) is 2.85. The third-order valence-electron chi connectivity index (χ3n) is 1.50. The lowest BCUT2D eigenvalue weighted by atomic mass is 10.1. The average molecular weight is 151 g/mol. The maximum Gasteiger partial charge on any atom is 0.217 e. The Morgan fingerprint density at radius 2 is 2.00 bits per heavy atom. The second kappa shape index (κ2) is 3.76. The molecule has 0 aromatic heterocycles. The number of nitrogens with two attached hydrogens (primary N) is 1. The number of hydrogen-bond donors (Lipinski definition) is 1. The van der Waals surface area contributed by atoms with E-state index in [-0.39, 0.29) is 7.33 Å². The molecule has 0 aliphatic heterocycles. The largest absolute Gasteiger partial charge is 0.370 e. The van der Waals surface area contributed by atoms with Gasteiger partial charge in [0, 0.05) is 7.85 Å². The summed E-state index contributed by atoms with van der Waals surface area (Å²) in [5, 5.41) is 0. The molecule has 0 heterocycles. The van der Waals surface area contributed by atoms with Crippen LogP contribution in [-0.4, -0.2) is 5.91 Å². The minimum absolute atomic E-state index is 0. The van der Waals surface area contributed by atoms with Crippen molar-refractivity contribution in [2.45, 2.75) is 12.8 Å². The zero-order chi connectivity index (χ0) is 8.10. The Kier molecular flexibility index (Phi) is 2.66. The number of benzene rings is 1. The van der Waals surface area contributed by atoms with Crippen molar-refractivity contribution in [2.75, 3.05) is 0 Å². The molecule has 0 radical (unpaired) electrons. The molecule has 0 unspecified atom stereocenters. The molecule has 0 spiro atoms. The van der Waals surface area contributed by atoms with Crippen LogP contribution in [0.3, 0.4) is 0 Å². The van der Waals surface area contributed by atoms with Crippen molar-refractivity contribution in [3.63, 3.8) is 0 Å². The summed E-state index contributed by atoms with van der Waals surface area (Å²) >= 11 is 0. The first-order valence-corrected chi connectivity index (χ1v) is 3.61. The minimum atomic E-state index is -0.242. The zero-order valence-electron chi connectivity index (χ0n) is 6.29. The summed E-state index contributed by atoms with van der Waals surface area (Å²) in [6.45, 7) is 0. The lowest BCUT2D eigenvalue weighted by Gasteiger charge is -1.96. The van der Waals surface area contributed by atoms with Crippen LogP contribution in [0.25, 0.3) is 0 Å². The summed E-state index contributed by atoms with van der Waals surface area (Å²) in [7, 11) is 0. The van der Waals surface area contributed by atoms with E-state index in [0.717, 1.165) is 12.0 Å². The zero-order valence-corrected chi connectivity index (χ0v) is 6.29. The van der Waals surface area contributed by atoms with Crippen LogP contribution in [-0.2, 0) is 11.2 Å². The fraction of sp³-hybridized carbons (Fsp3) is 0.222. The highest BCUT2D eigenvalue weighted by Crippen LogP contribution is 2.00. The van der Waals surface area contributed by atoms with Gasteiger partial charge in [-0.3, -0.25) is 4.79 Å². The topological polar surface area (TPSA) is 43.1 Å². The second-order valence-electron chi connectivity index (χ2n) is 2.45. The predicted octanol–water partition coefficient (Wildman–Crippen LogP) is 1.35. The fourth-order valence-electron chi connectivity index (χ4n) is 0.912. The molecule has 1 aromatic carbocycles. The first-order valence-electron chi connectivity index (χ1n) is 3.61. The van der Waals surface area contributed by atoms with Crippen LogP contribution >= 0.6 is 0 Å². The summed E-state index contributed by atoms with van der Waals surface area (Å²) in [5.41, 5.74) is 6.16. The van der Waals surface area contributed by atoms with Gasteiger partial charge in [0.1, 0.15) is 0 Å². The van der Waals surface area contributed by atoms with E-state index in [4.69, 9.17) is 5.73 Å². The highest BCUT2D eigenvalue weighted by Gasteiger charge is 1.94. The van der Waals surface area contributed by atoms with Gasteiger partial charge in [-0.05, 0) is 12.0 Å². The summed E-state index contributed by atoms with van der Waals surface area (Å²) in [5.74, 6) is -0.242. The molecule has 2 N–H and O–H groups in total. The van der Waals surface area contributed by atoms with Gasteiger partial charge < -0.3 is 5.73 Å². The lowest BCUT2D eigenvalue weighted by molar-refractivity contribution is -0.117. The SMILES string of the molecule is NC(=O)CCc1ccccc1.[HH]. The Hall–Kier alpha value is -1.31. The van der Waals surface area contributed by atoms with Crippen molar-refractivity contribution < 1.29 is 6.22 Å². The van der Waals surface area contributed by atoms with Crippen LogP contribution < -0.4 is 5.73 Å². The molecule has 0 saturated carbocycles. The number of carbonyl (C=O) groups is 1. The van der Waals surface area contributed by atoms with Crippen LogP contribution in [0, 0.1) is 0 Å². The van der Waals surface area contributed by atoms with Gasteiger partial charge in [-0.15, -0.1) is 0 Å². The molecule has 60 valence electrons. The third-order valence-corrected chi connectivity index (χ3v) is 1.50. The van der Waals surface area contributed by atoms with E-state index in [0.29, 0.717) is 6.42 Å². The van der Waals surface area contributed by atoms with Crippen molar-refractivity contribution in [1.29, 1.82) is 0 Å². The van der Waals surface area contributed by atoms with Crippen LogP contribution in [0.4, 0.5) is 0 Å². The Balaban J connectivity index is 0.00000121. The maximum absolute atomic E-state index is 10.4. The van der Waals surface area contributed by atoms with Gasteiger partial charge >= 0.3 is 0 Å². The van der Waals surface area contributed by atoms with E-state index in [1.165, 1.54) is 0 Å². The predicted molar refractivity (Wildman–Crippen MR) is 46.1 cm³/mol. The summed E-state index contributed by atoms with van der Waals surface area (Å²) in [6.07, 6.45) is 1.18. The Bertz CT molecular complexity index is 236. The van der Waals surface area contributed by atoms with Crippen LogP contribution in [0.15, 0.2) is 30.3 Å². The summed E-state index contributed by atoms with van der Waals surface area (Å²) in [4.78, 5) is 10.4. The quantitative estimate of drug-likeness (QED) is 0.696. The van der Waals surface area contributed by atoms with Gasteiger partial charge in [0.25, 0.3) is 0 Å². The Morgan fingerprint density at radius 3 is 2.55 bits per heavy atom.